The molecule has 1 aromatic rings. The summed E-state index contributed by atoms with van der Waals surface area (Å²) in [6.07, 6.45) is 0. The van der Waals surface area contributed by atoms with Crippen LogP contribution in [-0.4, -0.2) is 33.2 Å². The summed E-state index contributed by atoms with van der Waals surface area (Å²) in [7, 11) is 4.02. The van der Waals surface area contributed by atoms with Gasteiger partial charge < -0.3 is 10.2 Å². The minimum atomic E-state index is -0.00596. The predicted molar refractivity (Wildman–Crippen MR) is 66.3 cm³/mol. The van der Waals surface area contributed by atoms with Crippen LogP contribution in [0.3, 0.4) is 0 Å². The van der Waals surface area contributed by atoms with Gasteiger partial charge in [-0.2, -0.15) is 0 Å². The first-order valence-corrected chi connectivity index (χ1v) is 5.43. The smallest absolute Gasteiger partial charge is 0.321 e. The van der Waals surface area contributed by atoms with Crippen molar-refractivity contribution >= 4 is 17.4 Å². The second kappa shape index (κ2) is 4.04. The number of nitrogens with zero attached hydrogens (tertiary/aromatic N) is 2. The molecule has 1 aliphatic rings. The minimum Gasteiger partial charge on any atom is -0.377 e. The highest BCUT2D eigenvalue weighted by atomic mass is 16.2. The second-order valence-corrected chi connectivity index (χ2v) is 4.25. The van der Waals surface area contributed by atoms with Crippen LogP contribution >= 0.6 is 0 Å². The number of carbonyl (C=O) groups is 1. The Morgan fingerprint density at radius 3 is 2.69 bits per heavy atom. The van der Waals surface area contributed by atoms with Gasteiger partial charge in [-0.3, -0.25) is 4.90 Å². The molecule has 1 heterocycles. The normalized spacial score (nSPS) is 15.2. The summed E-state index contributed by atoms with van der Waals surface area (Å²) in [5.41, 5.74) is 3.33. The highest BCUT2D eigenvalue weighted by Gasteiger charge is 2.21. The van der Waals surface area contributed by atoms with E-state index in [4.69, 9.17) is 0 Å². The maximum absolute atomic E-state index is 11.5. The number of nitrogens with one attached hydrogen (secondary N) is 1. The zero-order valence-electron chi connectivity index (χ0n) is 9.95. The molecule has 4 nitrogen and oxygen atoms in total. The van der Waals surface area contributed by atoms with Crippen LogP contribution in [0.25, 0.3) is 0 Å². The van der Waals surface area contributed by atoms with E-state index in [1.807, 2.05) is 20.2 Å². The number of benzene rings is 1. The molecule has 0 saturated carbocycles. The van der Waals surface area contributed by atoms with E-state index in [1.165, 1.54) is 5.56 Å². The van der Waals surface area contributed by atoms with Gasteiger partial charge in [-0.15, -0.1) is 0 Å². The van der Waals surface area contributed by atoms with Crippen LogP contribution in [0.15, 0.2) is 18.2 Å². The van der Waals surface area contributed by atoms with E-state index >= 15 is 0 Å². The maximum Gasteiger partial charge on any atom is 0.321 e. The molecule has 86 valence electrons. The fourth-order valence-corrected chi connectivity index (χ4v) is 1.97. The summed E-state index contributed by atoms with van der Waals surface area (Å²) in [5.74, 6) is 0. The molecule has 1 aliphatic heterocycles. The first-order chi connectivity index (χ1) is 7.59. The Morgan fingerprint density at radius 1 is 1.38 bits per heavy atom. The Kier molecular flexibility index (Phi) is 2.73. The average Bonchev–Trinajstić information content (AvgIpc) is 2.65. The maximum atomic E-state index is 11.5. The van der Waals surface area contributed by atoms with Crippen LogP contribution in [0.2, 0.25) is 0 Å². The van der Waals surface area contributed by atoms with Crippen molar-refractivity contribution in [1.29, 1.82) is 0 Å². The van der Waals surface area contributed by atoms with Gasteiger partial charge in [-0.25, -0.2) is 4.79 Å². The molecular weight excluding hydrogens is 202 g/mol. The number of hydrogen-bond acceptors (Lipinski definition) is 2. The first kappa shape index (κ1) is 10.8. The molecule has 1 saturated heterocycles. The van der Waals surface area contributed by atoms with Crippen LogP contribution in [0.4, 0.5) is 16.2 Å². The van der Waals surface area contributed by atoms with Crippen LogP contribution in [0.5, 0.6) is 0 Å². The first-order valence-electron chi connectivity index (χ1n) is 5.43. The lowest BCUT2D eigenvalue weighted by Gasteiger charge is -2.20. The summed E-state index contributed by atoms with van der Waals surface area (Å²) in [5, 5.41) is 2.80. The van der Waals surface area contributed by atoms with E-state index in [2.05, 4.69) is 29.3 Å². The van der Waals surface area contributed by atoms with Crippen molar-refractivity contribution < 1.29 is 4.79 Å². The van der Waals surface area contributed by atoms with E-state index < -0.39 is 0 Å². The molecule has 0 aromatic heterocycles. The standard InChI is InChI=1S/C12H17N3O/c1-9-4-5-10(8-11(9)14(2)3)15-7-6-13-12(15)16/h4-5,8H,6-7H2,1-3H3,(H,13,16). The van der Waals surface area contributed by atoms with Crippen LogP contribution in [-0.2, 0) is 0 Å². The Morgan fingerprint density at radius 2 is 2.12 bits per heavy atom. The summed E-state index contributed by atoms with van der Waals surface area (Å²) >= 11 is 0. The van der Waals surface area contributed by atoms with E-state index in [-0.39, 0.29) is 6.03 Å². The van der Waals surface area contributed by atoms with Gasteiger partial charge in [0.15, 0.2) is 0 Å². The number of amides is 2. The van der Waals surface area contributed by atoms with Gasteiger partial charge in [0.05, 0.1) is 0 Å². The van der Waals surface area contributed by atoms with Crippen molar-refractivity contribution in [3.8, 4) is 0 Å². The molecule has 4 heteroatoms. The van der Waals surface area contributed by atoms with Gasteiger partial charge in [0.2, 0.25) is 0 Å². The van der Waals surface area contributed by atoms with Crippen molar-refractivity contribution in [2.24, 2.45) is 0 Å². The molecule has 16 heavy (non-hydrogen) atoms. The van der Waals surface area contributed by atoms with Gasteiger partial charge in [0, 0.05) is 38.6 Å². The van der Waals surface area contributed by atoms with Gasteiger partial charge in [0.1, 0.15) is 0 Å². The summed E-state index contributed by atoms with van der Waals surface area (Å²) in [6, 6.07) is 6.09. The summed E-state index contributed by atoms with van der Waals surface area (Å²) in [4.78, 5) is 15.4. The highest BCUT2D eigenvalue weighted by molar-refractivity contribution is 5.94. The van der Waals surface area contributed by atoms with E-state index in [1.54, 1.807) is 4.90 Å². The lowest BCUT2D eigenvalue weighted by molar-refractivity contribution is 0.252. The molecule has 0 radical (unpaired) electrons. The van der Waals surface area contributed by atoms with Crippen LogP contribution < -0.4 is 15.1 Å². The van der Waals surface area contributed by atoms with Gasteiger partial charge in [-0.05, 0) is 24.6 Å². The highest BCUT2D eigenvalue weighted by Crippen LogP contribution is 2.25. The number of anilines is 2. The Bertz CT molecular complexity index is 415. The van der Waals surface area contributed by atoms with Crippen molar-refractivity contribution in [2.45, 2.75) is 6.92 Å². The molecule has 1 fully saturated rings. The number of carbonyl (C=O) groups excluding carboxylic acids is 1. The zero-order valence-corrected chi connectivity index (χ0v) is 9.95. The van der Waals surface area contributed by atoms with Crippen molar-refractivity contribution in [3.05, 3.63) is 23.8 Å². The third-order valence-corrected chi connectivity index (χ3v) is 2.84. The SMILES string of the molecule is Cc1ccc(N2CCNC2=O)cc1N(C)C. The van der Waals surface area contributed by atoms with Gasteiger partial charge >= 0.3 is 6.03 Å². The van der Waals surface area contributed by atoms with Crippen LogP contribution in [0, 0.1) is 6.92 Å². The molecule has 0 unspecified atom stereocenters. The van der Waals surface area contributed by atoms with E-state index in [0.717, 1.165) is 24.5 Å². The molecular formula is C12H17N3O. The molecule has 1 aromatic carbocycles. The average molecular weight is 219 g/mol. The number of aryl methyl sites for hydroxylation is 1. The number of urea groups is 1. The third-order valence-electron chi connectivity index (χ3n) is 2.84. The fraction of sp³-hybridized carbons (Fsp3) is 0.417. The van der Waals surface area contributed by atoms with E-state index in [9.17, 15) is 4.79 Å². The lowest BCUT2D eigenvalue weighted by atomic mass is 10.1. The van der Waals surface area contributed by atoms with Crippen molar-refractivity contribution in [2.75, 3.05) is 37.0 Å². The quantitative estimate of drug-likeness (QED) is 0.820. The molecule has 0 atom stereocenters. The van der Waals surface area contributed by atoms with Crippen molar-refractivity contribution in [1.82, 2.24) is 5.32 Å². The molecule has 2 rings (SSSR count). The predicted octanol–water partition coefficient (Wildman–Crippen LogP) is 1.59. The molecule has 1 N–H and O–H groups in total. The van der Waals surface area contributed by atoms with E-state index in [0.29, 0.717) is 0 Å². The summed E-state index contributed by atoms with van der Waals surface area (Å²) in [6.45, 7) is 3.54. The second-order valence-electron chi connectivity index (χ2n) is 4.25. The Labute approximate surface area is 95.8 Å². The Hall–Kier alpha value is -1.71. The molecule has 0 aliphatic carbocycles. The monoisotopic (exact) mass is 219 g/mol. The van der Waals surface area contributed by atoms with Crippen LogP contribution in [0.1, 0.15) is 5.56 Å². The fourth-order valence-electron chi connectivity index (χ4n) is 1.97. The molecule has 0 spiro atoms. The van der Waals surface area contributed by atoms with Crippen molar-refractivity contribution in [3.63, 3.8) is 0 Å². The minimum absolute atomic E-state index is 0.00596. The Balaban J connectivity index is 2.35. The molecule has 0 bridgehead atoms. The van der Waals surface area contributed by atoms with Gasteiger partial charge in [0.25, 0.3) is 0 Å². The lowest BCUT2D eigenvalue weighted by Crippen LogP contribution is -2.27. The zero-order chi connectivity index (χ0) is 11.7. The third kappa shape index (κ3) is 1.83. The largest absolute Gasteiger partial charge is 0.377 e. The molecule has 2 amide bonds. The number of rotatable bonds is 2. The van der Waals surface area contributed by atoms with Gasteiger partial charge in [-0.1, -0.05) is 6.07 Å². The topological polar surface area (TPSA) is 35.6 Å². The summed E-state index contributed by atoms with van der Waals surface area (Å²) < 4.78 is 0. The number of hydrogen-bond donors (Lipinski definition) is 1.